The first-order valence-electron chi connectivity index (χ1n) is 8.96. The van der Waals surface area contributed by atoms with Gasteiger partial charge in [0.05, 0.1) is 8.80 Å². The van der Waals surface area contributed by atoms with Crippen LogP contribution in [0.2, 0.25) is 13.1 Å². The van der Waals surface area contributed by atoms with E-state index in [2.05, 4.69) is 68.5 Å². The molecule has 1 aromatic rings. The van der Waals surface area contributed by atoms with Crippen molar-refractivity contribution in [3.05, 3.63) is 39.5 Å². The molecule has 0 aliphatic heterocycles. The third-order valence-electron chi connectivity index (χ3n) is 5.76. The van der Waals surface area contributed by atoms with Crippen LogP contribution in [0.5, 0.6) is 5.75 Å². The van der Waals surface area contributed by atoms with Crippen LogP contribution in [0.1, 0.15) is 65.2 Å². The zero-order valence-corrected chi connectivity index (χ0v) is 20.2. The largest absolute Gasteiger partial charge is 0.508 e. The Balaban J connectivity index is 0.00000312. The summed E-state index contributed by atoms with van der Waals surface area (Å²) in [7, 11) is -0.692. The van der Waals surface area contributed by atoms with Crippen LogP contribution in [0.4, 0.5) is 0 Å². The number of phenols is 1. The Morgan fingerprint density at radius 3 is 1.88 bits per heavy atom. The molecule has 1 unspecified atom stereocenters. The topological polar surface area (TPSA) is 20.2 Å². The summed E-state index contributed by atoms with van der Waals surface area (Å²) in [5.74, 6) is 0.908. The van der Waals surface area contributed by atoms with Crippen LogP contribution in [-0.4, -0.2) is 13.9 Å². The molecule has 0 fully saturated rings. The zero-order valence-electron chi connectivity index (χ0n) is 17.6. The molecule has 0 spiro atoms. The molecule has 1 radical (unpaired) electrons. The summed E-state index contributed by atoms with van der Waals surface area (Å²) < 4.78 is 0. The number of hydrogen-bond acceptors (Lipinski definition) is 1. The molecule has 1 aliphatic carbocycles. The van der Waals surface area contributed by atoms with Gasteiger partial charge in [0.15, 0.2) is 0 Å². The minimum atomic E-state index is -0.692. The first-order valence-corrected chi connectivity index (χ1v) is 11.5. The minimum Gasteiger partial charge on any atom is -0.508 e. The van der Waals surface area contributed by atoms with Crippen LogP contribution in [0, 0.1) is 12.8 Å². The van der Waals surface area contributed by atoms with Crippen molar-refractivity contribution in [1.82, 2.24) is 0 Å². The summed E-state index contributed by atoms with van der Waals surface area (Å²) in [6.07, 6.45) is 0. The molecule has 0 bridgehead atoms. The molecule has 0 saturated carbocycles. The van der Waals surface area contributed by atoms with E-state index in [4.69, 9.17) is 0 Å². The van der Waals surface area contributed by atoms with Crippen molar-refractivity contribution < 1.29 is 26.8 Å². The van der Waals surface area contributed by atoms with Gasteiger partial charge >= 0.3 is 0 Å². The van der Waals surface area contributed by atoms with Crippen molar-refractivity contribution in [2.45, 2.75) is 73.9 Å². The van der Waals surface area contributed by atoms with E-state index in [9.17, 15) is 5.11 Å². The van der Waals surface area contributed by atoms with Crippen LogP contribution in [-0.2, 0) is 27.1 Å². The number of phenolic OH excluding ortho intramolecular Hbond substituents is 1. The predicted molar refractivity (Wildman–Crippen MR) is 109 cm³/mol. The van der Waals surface area contributed by atoms with Crippen molar-refractivity contribution in [2.75, 3.05) is 0 Å². The number of hydrogen-bond donors (Lipinski definition) is 1. The number of benzene rings is 1. The van der Waals surface area contributed by atoms with Crippen molar-refractivity contribution >= 4 is 19.6 Å². The number of aromatic hydroxyl groups is 1. The fourth-order valence-corrected chi connectivity index (χ4v) is 5.33. The Kier molecular flexibility index (Phi) is 6.82. The second-order valence-corrected chi connectivity index (χ2v) is 11.2. The van der Waals surface area contributed by atoms with Crippen LogP contribution in [0.15, 0.2) is 22.8 Å². The van der Waals surface area contributed by atoms with E-state index in [0.29, 0.717) is 11.7 Å². The normalized spacial score (nSPS) is 18.3. The minimum absolute atomic E-state index is 0. The Labute approximate surface area is 171 Å². The molecule has 2 rings (SSSR count). The second kappa shape index (κ2) is 7.58. The van der Waals surface area contributed by atoms with Crippen molar-refractivity contribution in [2.24, 2.45) is 5.92 Å². The van der Waals surface area contributed by atoms with E-state index in [-0.39, 0.29) is 27.1 Å². The molecule has 1 atom stereocenters. The van der Waals surface area contributed by atoms with E-state index in [1.165, 1.54) is 38.6 Å². The molecule has 0 aromatic heterocycles. The summed E-state index contributed by atoms with van der Waals surface area (Å²) in [6.45, 7) is 22.7. The summed E-state index contributed by atoms with van der Waals surface area (Å²) in [5, 5.41) is 12.0. The van der Waals surface area contributed by atoms with Gasteiger partial charge < -0.3 is 5.11 Å². The molecule has 1 aromatic carbocycles. The number of rotatable bonds is 2. The standard InChI is InChI=1S/C22H33OSi.Ti/c1-12-13(2)15(4)19(14(12)3)20-18(24(9)10)11-17(23)16(5)21(20)22(6,7)8;/h11,14,23H,1-10H3;. The Hall–Kier alpha value is -0.569. The molecule has 135 valence electrons. The van der Waals surface area contributed by atoms with E-state index >= 15 is 0 Å². The molecule has 0 heterocycles. The molecular weight excluding hydrogens is 356 g/mol. The molecule has 0 amide bonds. The molecule has 0 saturated heterocycles. The van der Waals surface area contributed by atoms with Gasteiger partial charge in [0.1, 0.15) is 5.75 Å². The van der Waals surface area contributed by atoms with Gasteiger partial charge in [-0.05, 0) is 72.6 Å². The van der Waals surface area contributed by atoms with Gasteiger partial charge in [-0.1, -0.05) is 51.5 Å². The first kappa shape index (κ1) is 22.5. The zero-order chi connectivity index (χ0) is 18.6. The Bertz CT molecular complexity index is 748. The number of allylic oxidation sites excluding steroid dienone is 4. The second-order valence-electron chi connectivity index (χ2n) is 8.64. The molecule has 1 aliphatic rings. The smallest absolute Gasteiger partial charge is 0.118 e. The molecule has 1 nitrogen and oxygen atoms in total. The van der Waals surface area contributed by atoms with Gasteiger partial charge in [0.25, 0.3) is 0 Å². The van der Waals surface area contributed by atoms with Gasteiger partial charge in [0.2, 0.25) is 0 Å². The average molecular weight is 389 g/mol. The third-order valence-corrected chi connectivity index (χ3v) is 7.23. The maximum Gasteiger partial charge on any atom is 0.118 e. The maximum absolute atomic E-state index is 10.6. The van der Waals surface area contributed by atoms with Crippen LogP contribution in [0.25, 0.3) is 5.57 Å². The summed E-state index contributed by atoms with van der Waals surface area (Å²) in [4.78, 5) is 0. The van der Waals surface area contributed by atoms with Crippen molar-refractivity contribution in [3.8, 4) is 5.75 Å². The molecule has 25 heavy (non-hydrogen) atoms. The van der Waals surface area contributed by atoms with Gasteiger partial charge in [-0.25, -0.2) is 0 Å². The van der Waals surface area contributed by atoms with Crippen LogP contribution >= 0.6 is 0 Å². The van der Waals surface area contributed by atoms with Crippen molar-refractivity contribution in [1.29, 1.82) is 0 Å². The summed E-state index contributed by atoms with van der Waals surface area (Å²) in [5.41, 5.74) is 9.64. The SMILES string of the molecule is CC1=C(C)C(C)C(c2c([Si](C)C)cc(O)c(C)c2C(C)(C)C)=C1C.[Ti]. The predicted octanol–water partition coefficient (Wildman–Crippen LogP) is 5.72. The van der Waals surface area contributed by atoms with Crippen molar-refractivity contribution in [3.63, 3.8) is 0 Å². The van der Waals surface area contributed by atoms with Gasteiger partial charge in [-0.3, -0.25) is 0 Å². The fourth-order valence-electron chi connectivity index (χ4n) is 4.15. The first-order chi connectivity index (χ1) is 10.9. The monoisotopic (exact) mass is 389 g/mol. The van der Waals surface area contributed by atoms with E-state index in [1.54, 1.807) is 0 Å². The average Bonchev–Trinajstić information content (AvgIpc) is 2.64. The van der Waals surface area contributed by atoms with Gasteiger partial charge in [0, 0.05) is 27.6 Å². The quantitative estimate of drug-likeness (QED) is 0.642. The van der Waals surface area contributed by atoms with Crippen LogP contribution < -0.4 is 5.19 Å². The maximum atomic E-state index is 10.6. The van der Waals surface area contributed by atoms with Gasteiger partial charge in [-0.15, -0.1) is 0 Å². The van der Waals surface area contributed by atoms with E-state index < -0.39 is 8.80 Å². The third kappa shape index (κ3) is 3.77. The summed E-state index contributed by atoms with van der Waals surface area (Å²) in [6, 6.07) is 2.05. The van der Waals surface area contributed by atoms with Gasteiger partial charge in [-0.2, -0.15) is 0 Å². The molecular formula is C22H33OSiTi. The Morgan fingerprint density at radius 1 is 1.00 bits per heavy atom. The van der Waals surface area contributed by atoms with E-state index in [1.807, 2.05) is 6.07 Å². The molecule has 1 N–H and O–H groups in total. The Morgan fingerprint density at radius 2 is 1.52 bits per heavy atom. The van der Waals surface area contributed by atoms with E-state index in [0.717, 1.165) is 5.56 Å². The molecule has 3 heteroatoms. The van der Waals surface area contributed by atoms with Crippen LogP contribution in [0.3, 0.4) is 0 Å². The fraction of sp³-hybridized carbons (Fsp3) is 0.545. The summed E-state index contributed by atoms with van der Waals surface area (Å²) >= 11 is 0.